The molecule has 0 fully saturated rings. The van der Waals surface area contributed by atoms with Crippen molar-refractivity contribution in [1.82, 2.24) is 4.72 Å². The Labute approximate surface area is 121 Å². The molecule has 20 heavy (non-hydrogen) atoms. The van der Waals surface area contributed by atoms with Gasteiger partial charge in [-0.1, -0.05) is 19.1 Å². The van der Waals surface area contributed by atoms with Gasteiger partial charge in [-0.15, -0.1) is 0 Å². The molecular formula is C14H23NO4S. The fourth-order valence-corrected chi connectivity index (χ4v) is 2.40. The number of sulfonamides is 1. The highest BCUT2D eigenvalue weighted by molar-refractivity contribution is 7.90. The van der Waals surface area contributed by atoms with E-state index in [0.717, 1.165) is 5.56 Å². The maximum absolute atomic E-state index is 11.7. The Morgan fingerprint density at radius 1 is 1.20 bits per heavy atom. The van der Waals surface area contributed by atoms with Crippen LogP contribution in [0.15, 0.2) is 24.3 Å². The molecule has 1 atom stereocenters. The summed E-state index contributed by atoms with van der Waals surface area (Å²) in [4.78, 5) is 0. The summed E-state index contributed by atoms with van der Waals surface area (Å²) < 4.78 is 31.3. The largest absolute Gasteiger partial charge is 0.491 e. The standard InChI is InChI=1S/C14H23NO4S/c1-11(2)20(17,18)15-10-12(3)13-4-6-14(7-5-13)19-9-8-16/h4-7,11-12,15-16H,8-10H2,1-3H3. The minimum Gasteiger partial charge on any atom is -0.491 e. The van der Waals surface area contributed by atoms with Crippen molar-refractivity contribution >= 4 is 10.0 Å². The SMILES string of the molecule is CC(CNS(=O)(=O)C(C)C)c1ccc(OCCO)cc1. The van der Waals surface area contributed by atoms with Gasteiger partial charge >= 0.3 is 0 Å². The van der Waals surface area contributed by atoms with Gasteiger partial charge in [0.25, 0.3) is 0 Å². The molecule has 0 bridgehead atoms. The molecule has 0 aliphatic heterocycles. The lowest BCUT2D eigenvalue weighted by molar-refractivity contribution is 0.201. The summed E-state index contributed by atoms with van der Waals surface area (Å²) in [6, 6.07) is 7.44. The summed E-state index contributed by atoms with van der Waals surface area (Å²) in [6.07, 6.45) is 0. The van der Waals surface area contributed by atoms with E-state index in [1.54, 1.807) is 13.8 Å². The average molecular weight is 301 g/mol. The lowest BCUT2D eigenvalue weighted by atomic mass is 10.0. The first-order valence-corrected chi connectivity index (χ1v) is 8.23. The van der Waals surface area contributed by atoms with Gasteiger partial charge in [0, 0.05) is 6.54 Å². The maximum atomic E-state index is 11.7. The van der Waals surface area contributed by atoms with E-state index in [0.29, 0.717) is 12.3 Å². The maximum Gasteiger partial charge on any atom is 0.213 e. The molecule has 0 aliphatic carbocycles. The van der Waals surface area contributed by atoms with Crippen LogP contribution in [0.1, 0.15) is 32.3 Å². The fraction of sp³-hybridized carbons (Fsp3) is 0.571. The van der Waals surface area contributed by atoms with E-state index in [2.05, 4.69) is 4.72 Å². The van der Waals surface area contributed by atoms with E-state index in [4.69, 9.17) is 9.84 Å². The van der Waals surface area contributed by atoms with E-state index >= 15 is 0 Å². The van der Waals surface area contributed by atoms with Gasteiger partial charge < -0.3 is 9.84 Å². The normalized spacial score (nSPS) is 13.4. The van der Waals surface area contributed by atoms with Crippen molar-refractivity contribution < 1.29 is 18.3 Å². The highest BCUT2D eigenvalue weighted by Gasteiger charge is 2.16. The van der Waals surface area contributed by atoms with Crippen LogP contribution >= 0.6 is 0 Å². The first-order valence-electron chi connectivity index (χ1n) is 6.69. The molecule has 0 radical (unpaired) electrons. The number of hydrogen-bond acceptors (Lipinski definition) is 4. The summed E-state index contributed by atoms with van der Waals surface area (Å²) in [5, 5.41) is 8.24. The molecule has 1 aromatic rings. The van der Waals surface area contributed by atoms with Crippen molar-refractivity contribution in [3.63, 3.8) is 0 Å². The number of benzene rings is 1. The number of hydrogen-bond donors (Lipinski definition) is 2. The Kier molecular flexibility index (Phi) is 6.45. The van der Waals surface area contributed by atoms with E-state index < -0.39 is 15.3 Å². The van der Waals surface area contributed by atoms with Crippen molar-refractivity contribution in [1.29, 1.82) is 0 Å². The molecule has 0 heterocycles. The summed E-state index contributed by atoms with van der Waals surface area (Å²) in [6.45, 7) is 5.89. The van der Waals surface area contributed by atoms with Crippen LogP contribution in [-0.2, 0) is 10.0 Å². The van der Waals surface area contributed by atoms with Crippen LogP contribution in [0.25, 0.3) is 0 Å². The molecule has 0 saturated heterocycles. The van der Waals surface area contributed by atoms with Gasteiger partial charge in [0.15, 0.2) is 0 Å². The Bertz CT molecular complexity index is 496. The summed E-state index contributed by atoms with van der Waals surface area (Å²) in [5.74, 6) is 0.771. The molecule has 2 N–H and O–H groups in total. The third-order valence-electron chi connectivity index (χ3n) is 3.02. The molecule has 114 valence electrons. The average Bonchev–Trinajstić information content (AvgIpc) is 2.43. The third-order valence-corrected chi connectivity index (χ3v) is 4.83. The van der Waals surface area contributed by atoms with E-state index in [-0.39, 0.29) is 19.1 Å². The Morgan fingerprint density at radius 2 is 1.80 bits per heavy atom. The zero-order chi connectivity index (χ0) is 15.2. The molecule has 1 aromatic carbocycles. The van der Waals surface area contributed by atoms with Gasteiger partial charge in [0.2, 0.25) is 10.0 Å². The topological polar surface area (TPSA) is 75.6 Å². The molecule has 0 spiro atoms. The minimum absolute atomic E-state index is 0.0187. The van der Waals surface area contributed by atoms with Crippen LogP contribution in [0.4, 0.5) is 0 Å². The molecule has 0 aromatic heterocycles. The number of rotatable bonds is 8. The Balaban J connectivity index is 2.57. The van der Waals surface area contributed by atoms with Crippen LogP contribution in [0.2, 0.25) is 0 Å². The second-order valence-corrected chi connectivity index (χ2v) is 7.31. The van der Waals surface area contributed by atoms with E-state index in [1.807, 2.05) is 31.2 Å². The first-order chi connectivity index (χ1) is 9.36. The molecule has 1 rings (SSSR count). The number of aliphatic hydroxyl groups is 1. The number of aliphatic hydroxyl groups excluding tert-OH is 1. The van der Waals surface area contributed by atoms with Crippen molar-refractivity contribution in [3.05, 3.63) is 29.8 Å². The van der Waals surface area contributed by atoms with Gasteiger partial charge in [-0.05, 0) is 37.5 Å². The quantitative estimate of drug-likeness (QED) is 0.763. The molecule has 6 heteroatoms. The highest BCUT2D eigenvalue weighted by Crippen LogP contribution is 2.19. The van der Waals surface area contributed by atoms with Crippen LogP contribution in [-0.4, -0.2) is 38.5 Å². The predicted molar refractivity (Wildman–Crippen MR) is 79.5 cm³/mol. The van der Waals surface area contributed by atoms with Gasteiger partial charge in [-0.3, -0.25) is 0 Å². The lowest BCUT2D eigenvalue weighted by Crippen LogP contribution is -2.33. The van der Waals surface area contributed by atoms with Crippen LogP contribution in [0.3, 0.4) is 0 Å². The minimum atomic E-state index is -3.22. The molecule has 1 unspecified atom stereocenters. The predicted octanol–water partition coefficient (Wildman–Crippen LogP) is 1.49. The third kappa shape index (κ3) is 5.11. The van der Waals surface area contributed by atoms with Crippen LogP contribution in [0.5, 0.6) is 5.75 Å². The fourth-order valence-electron chi connectivity index (χ4n) is 1.58. The van der Waals surface area contributed by atoms with E-state index in [9.17, 15) is 8.42 Å². The van der Waals surface area contributed by atoms with Gasteiger partial charge in [0.05, 0.1) is 11.9 Å². The monoisotopic (exact) mass is 301 g/mol. The van der Waals surface area contributed by atoms with Gasteiger partial charge in [0.1, 0.15) is 12.4 Å². The molecule has 5 nitrogen and oxygen atoms in total. The van der Waals surface area contributed by atoms with Crippen LogP contribution < -0.4 is 9.46 Å². The molecular weight excluding hydrogens is 278 g/mol. The second-order valence-electron chi connectivity index (χ2n) is 4.98. The van der Waals surface area contributed by atoms with Crippen LogP contribution in [0, 0.1) is 0 Å². The van der Waals surface area contributed by atoms with Crippen molar-refractivity contribution in [2.45, 2.75) is 31.9 Å². The van der Waals surface area contributed by atoms with Crippen molar-refractivity contribution in [3.8, 4) is 5.75 Å². The van der Waals surface area contributed by atoms with Gasteiger partial charge in [-0.25, -0.2) is 13.1 Å². The number of nitrogens with one attached hydrogen (secondary N) is 1. The summed E-state index contributed by atoms with van der Waals surface area (Å²) >= 11 is 0. The molecule has 0 aliphatic rings. The van der Waals surface area contributed by atoms with E-state index in [1.165, 1.54) is 0 Å². The van der Waals surface area contributed by atoms with Crippen molar-refractivity contribution in [2.24, 2.45) is 0 Å². The second kappa shape index (κ2) is 7.61. The Hall–Kier alpha value is -1.11. The molecule has 0 amide bonds. The summed E-state index contributed by atoms with van der Waals surface area (Å²) in [7, 11) is -3.22. The highest BCUT2D eigenvalue weighted by atomic mass is 32.2. The molecule has 0 saturated carbocycles. The zero-order valence-corrected chi connectivity index (χ0v) is 13.0. The van der Waals surface area contributed by atoms with Gasteiger partial charge in [-0.2, -0.15) is 0 Å². The summed E-state index contributed by atoms with van der Waals surface area (Å²) in [5.41, 5.74) is 1.04. The van der Waals surface area contributed by atoms with Crippen molar-refractivity contribution in [2.75, 3.05) is 19.8 Å². The lowest BCUT2D eigenvalue weighted by Gasteiger charge is -2.15. The Morgan fingerprint density at radius 3 is 2.30 bits per heavy atom. The number of ether oxygens (including phenoxy) is 1. The zero-order valence-electron chi connectivity index (χ0n) is 12.2. The smallest absolute Gasteiger partial charge is 0.213 e. The first kappa shape index (κ1) is 16.9.